The molecule has 3 heterocycles. The maximum absolute atomic E-state index is 9.91. The van der Waals surface area contributed by atoms with Crippen molar-refractivity contribution in [3.63, 3.8) is 0 Å². The van der Waals surface area contributed by atoms with E-state index in [9.17, 15) is 21.0 Å². The molecule has 0 saturated heterocycles. The molecule has 0 N–H and O–H groups in total. The summed E-state index contributed by atoms with van der Waals surface area (Å²) >= 11 is 0. The molecule has 0 radical (unpaired) electrons. The lowest BCUT2D eigenvalue weighted by Crippen LogP contribution is -2.27. The fraction of sp³-hybridized carbons (Fsp3) is 0.125. The van der Waals surface area contributed by atoms with Crippen molar-refractivity contribution < 1.29 is 0 Å². The van der Waals surface area contributed by atoms with E-state index in [0.717, 1.165) is 54.9 Å². The van der Waals surface area contributed by atoms with Crippen LogP contribution >= 0.6 is 0 Å². The largest absolute Gasteiger partial charge is 0.308 e. The molecule has 6 rings (SSSR count). The third-order valence-corrected chi connectivity index (χ3v) is 7.27. The Hall–Kier alpha value is -5.36. The van der Waals surface area contributed by atoms with E-state index in [1.807, 2.05) is 36.4 Å². The molecule has 0 spiro atoms. The lowest BCUT2D eigenvalue weighted by atomic mass is 9.82. The Kier molecular flexibility index (Phi) is 4.53. The summed E-state index contributed by atoms with van der Waals surface area (Å²) in [6, 6.07) is 28.5. The van der Waals surface area contributed by atoms with Gasteiger partial charge in [-0.15, -0.1) is 0 Å². The Balaban J connectivity index is 2.09. The minimum Gasteiger partial charge on any atom is -0.308 e. The maximum Gasteiger partial charge on any atom is 0.137 e. The fourth-order valence-corrected chi connectivity index (χ4v) is 5.52. The van der Waals surface area contributed by atoms with Gasteiger partial charge in [-0.25, -0.2) is 0 Å². The summed E-state index contributed by atoms with van der Waals surface area (Å²) in [4.78, 5) is 2.15. The Bertz CT molecular complexity index is 1950. The van der Waals surface area contributed by atoms with Gasteiger partial charge >= 0.3 is 0 Å². The topological polar surface area (TPSA) is 98.4 Å². The Morgan fingerprint density at radius 2 is 1.11 bits per heavy atom. The van der Waals surface area contributed by atoms with E-state index < -0.39 is 0 Å². The third kappa shape index (κ3) is 2.93. The molecule has 0 aromatic heterocycles. The molecule has 0 aliphatic carbocycles. The van der Waals surface area contributed by atoms with Crippen LogP contribution < -0.4 is 15.3 Å². The first kappa shape index (κ1) is 22.1. The monoisotopic (exact) mass is 473 g/mol. The predicted octanol–water partition coefficient (Wildman–Crippen LogP) is 6.06. The highest BCUT2D eigenvalue weighted by molar-refractivity contribution is 6.24. The quantitative estimate of drug-likeness (QED) is 0.267. The highest BCUT2D eigenvalue weighted by Crippen LogP contribution is 2.50. The van der Waals surface area contributed by atoms with Gasteiger partial charge in [0.05, 0.1) is 17.1 Å². The van der Waals surface area contributed by atoms with Crippen LogP contribution in [0.5, 0.6) is 0 Å². The van der Waals surface area contributed by atoms with Gasteiger partial charge in [-0.05, 0) is 40.6 Å². The minimum absolute atomic E-state index is 0.0221. The van der Waals surface area contributed by atoms with Crippen molar-refractivity contribution in [1.29, 1.82) is 21.0 Å². The van der Waals surface area contributed by atoms with Crippen LogP contribution in [0, 0.1) is 45.3 Å². The van der Waals surface area contributed by atoms with Crippen LogP contribution in [0.3, 0.4) is 0 Å². The first-order chi connectivity index (χ1) is 17.8. The lowest BCUT2D eigenvalue weighted by Gasteiger charge is -2.36. The van der Waals surface area contributed by atoms with Crippen LogP contribution in [0.4, 0.5) is 17.1 Å². The second-order valence-electron chi connectivity index (χ2n) is 10.3. The van der Waals surface area contributed by atoms with Crippen molar-refractivity contribution in [2.24, 2.45) is 0 Å². The average molecular weight is 474 g/mol. The van der Waals surface area contributed by atoms with Crippen LogP contribution in [0.1, 0.15) is 26.3 Å². The molecular formula is C32H19N5. The Labute approximate surface area is 213 Å². The normalized spacial score (nSPS) is 12.0. The van der Waals surface area contributed by atoms with Crippen LogP contribution in [0.2, 0.25) is 0 Å². The van der Waals surface area contributed by atoms with Crippen LogP contribution in [0.15, 0.2) is 60.7 Å². The van der Waals surface area contributed by atoms with Gasteiger partial charge in [0.1, 0.15) is 35.4 Å². The zero-order valence-electron chi connectivity index (χ0n) is 20.5. The van der Waals surface area contributed by atoms with Gasteiger partial charge < -0.3 is 4.90 Å². The lowest BCUT2D eigenvalue weighted by molar-refractivity contribution is 0.591. The van der Waals surface area contributed by atoms with Gasteiger partial charge in [-0.2, -0.15) is 21.0 Å². The average Bonchev–Trinajstić information content (AvgIpc) is 2.90. The predicted molar refractivity (Wildman–Crippen MR) is 146 cm³/mol. The highest BCUT2D eigenvalue weighted by Gasteiger charge is 2.31. The van der Waals surface area contributed by atoms with Crippen molar-refractivity contribution in [2.45, 2.75) is 26.2 Å². The van der Waals surface area contributed by atoms with E-state index >= 15 is 0 Å². The fourth-order valence-electron chi connectivity index (χ4n) is 5.52. The smallest absolute Gasteiger partial charge is 0.137 e. The molecule has 0 atom stereocenters. The molecule has 3 aromatic carbocycles. The Morgan fingerprint density at radius 1 is 0.649 bits per heavy atom. The van der Waals surface area contributed by atoms with Gasteiger partial charge in [0.25, 0.3) is 0 Å². The standard InChI is InChI=1S/C32H19N5/c1-32(2,3)21-10-26-24(19(14-33)15-34)12-28-22-8-4-6-18-7-5-9-23(30(18)22)29-13-25(20(16-35)17-36)27(11-21)31(26)37(28)29/h4-13H,1-3H3. The van der Waals surface area contributed by atoms with Gasteiger partial charge in [-0.3, -0.25) is 0 Å². The zero-order chi connectivity index (χ0) is 26.1. The molecule has 172 valence electrons. The van der Waals surface area contributed by atoms with Gasteiger partial charge in [0.2, 0.25) is 0 Å². The number of nitriles is 4. The molecule has 3 aromatic rings. The van der Waals surface area contributed by atoms with Crippen LogP contribution in [-0.2, 0) is 5.41 Å². The molecule has 37 heavy (non-hydrogen) atoms. The molecule has 0 saturated carbocycles. The number of fused-ring (bicyclic) bond motifs is 2. The first-order valence-corrected chi connectivity index (χ1v) is 11.9. The summed E-state index contributed by atoms with van der Waals surface area (Å²) in [5.41, 5.74) is 3.28. The van der Waals surface area contributed by atoms with E-state index in [1.54, 1.807) is 0 Å². The second kappa shape index (κ2) is 7.57. The van der Waals surface area contributed by atoms with Gasteiger partial charge in [0, 0.05) is 37.4 Å². The summed E-state index contributed by atoms with van der Waals surface area (Å²) in [5.74, 6) is 0. The van der Waals surface area contributed by atoms with E-state index in [0.29, 0.717) is 10.4 Å². The van der Waals surface area contributed by atoms with Gasteiger partial charge in [-0.1, -0.05) is 57.2 Å². The SMILES string of the molecule is CC(C)(C)c1cc2c3c(c1)c(=C(C#N)C#N)cc1c4cccc5cccc(c(cc2=C(C#N)C#N)N31)c54. The summed E-state index contributed by atoms with van der Waals surface area (Å²) in [5, 5.41) is 46.4. The van der Waals surface area contributed by atoms with Crippen molar-refractivity contribution >= 4 is 60.5 Å². The summed E-state index contributed by atoms with van der Waals surface area (Å²) in [7, 11) is 0. The number of nitrogens with zero attached hydrogens (tertiary/aromatic N) is 5. The van der Waals surface area contributed by atoms with E-state index in [2.05, 4.69) is 74.2 Å². The molecule has 0 bridgehead atoms. The highest BCUT2D eigenvalue weighted by atomic mass is 15.2. The molecule has 0 amide bonds. The number of hydrogen-bond donors (Lipinski definition) is 0. The molecule has 5 heteroatoms. The van der Waals surface area contributed by atoms with Crippen molar-refractivity contribution in [1.82, 2.24) is 0 Å². The van der Waals surface area contributed by atoms with E-state index in [4.69, 9.17) is 0 Å². The number of rotatable bonds is 0. The summed E-state index contributed by atoms with van der Waals surface area (Å²) in [6.45, 7) is 6.27. The minimum atomic E-state index is -0.255. The molecule has 0 fully saturated rings. The first-order valence-electron chi connectivity index (χ1n) is 11.9. The van der Waals surface area contributed by atoms with Crippen molar-refractivity contribution in [3.05, 3.63) is 76.7 Å². The number of anilines is 3. The van der Waals surface area contributed by atoms with Gasteiger partial charge in [0.15, 0.2) is 0 Å². The van der Waals surface area contributed by atoms with Crippen LogP contribution in [0.25, 0.3) is 43.5 Å². The molecular weight excluding hydrogens is 454 g/mol. The Morgan fingerprint density at radius 3 is 1.51 bits per heavy atom. The number of hydrogen-bond acceptors (Lipinski definition) is 5. The van der Waals surface area contributed by atoms with Crippen molar-refractivity contribution in [3.8, 4) is 24.3 Å². The molecule has 3 aliphatic rings. The molecule has 5 nitrogen and oxygen atoms in total. The maximum atomic E-state index is 9.91. The molecule has 0 unspecified atom stereocenters. The second-order valence-corrected chi connectivity index (χ2v) is 10.3. The summed E-state index contributed by atoms with van der Waals surface area (Å²) in [6.07, 6.45) is 0. The molecule has 3 aliphatic heterocycles. The third-order valence-electron chi connectivity index (χ3n) is 7.27. The van der Waals surface area contributed by atoms with E-state index in [1.165, 1.54) is 0 Å². The summed E-state index contributed by atoms with van der Waals surface area (Å²) < 4.78 is 0. The number of benzene rings is 3. The van der Waals surface area contributed by atoms with Crippen LogP contribution in [-0.4, -0.2) is 0 Å². The van der Waals surface area contributed by atoms with E-state index in [-0.39, 0.29) is 16.6 Å². The van der Waals surface area contributed by atoms with Crippen molar-refractivity contribution in [2.75, 3.05) is 4.90 Å². The zero-order valence-corrected chi connectivity index (χ0v) is 20.5.